The highest BCUT2D eigenvalue weighted by molar-refractivity contribution is 7.80. The van der Waals surface area contributed by atoms with E-state index in [1.807, 2.05) is 73.7 Å². The van der Waals surface area contributed by atoms with Crippen LogP contribution in [-0.4, -0.2) is 15.9 Å². The molecule has 1 fully saturated rings. The molecule has 29 heavy (non-hydrogen) atoms. The topological polar surface area (TPSA) is 32.3 Å². The largest absolute Gasteiger partial charge is 0.353 e. The van der Waals surface area contributed by atoms with E-state index >= 15 is 0 Å². The monoisotopic (exact) mass is 400 g/mol. The van der Waals surface area contributed by atoms with Crippen LogP contribution in [0, 0.1) is 0 Å². The number of amides is 1. The summed E-state index contributed by atoms with van der Waals surface area (Å²) in [6.07, 6.45) is 0.722. The average molecular weight is 401 g/mol. The van der Waals surface area contributed by atoms with E-state index in [4.69, 9.17) is 12.2 Å². The van der Waals surface area contributed by atoms with Gasteiger partial charge in [-0.1, -0.05) is 97.9 Å². The molecule has 4 heteroatoms. The minimum Gasteiger partial charge on any atom is -0.353 e. The fourth-order valence-electron chi connectivity index (χ4n) is 4.12. The molecule has 0 unspecified atom stereocenters. The van der Waals surface area contributed by atoms with Crippen LogP contribution in [0.1, 0.15) is 48.0 Å². The summed E-state index contributed by atoms with van der Waals surface area (Å²) in [5.74, 6) is -0.180. The van der Waals surface area contributed by atoms with Crippen LogP contribution in [-0.2, 0) is 4.79 Å². The highest BCUT2D eigenvalue weighted by atomic mass is 32.1. The summed E-state index contributed by atoms with van der Waals surface area (Å²) in [6, 6.07) is 30.1. The van der Waals surface area contributed by atoms with E-state index in [0.29, 0.717) is 5.11 Å². The van der Waals surface area contributed by atoms with Crippen molar-refractivity contribution in [1.82, 2.24) is 10.2 Å². The SMILES string of the molecule is CC[C@@H](C(=O)N1C(=S)N[C@@H](c2ccccc2)[C@@H]1c1ccccc1)c1ccccc1. The van der Waals surface area contributed by atoms with Gasteiger partial charge in [0.05, 0.1) is 18.0 Å². The third-order valence-corrected chi connectivity index (χ3v) is 5.85. The first-order chi connectivity index (χ1) is 14.2. The number of nitrogens with one attached hydrogen (secondary N) is 1. The van der Waals surface area contributed by atoms with Gasteiger partial charge in [-0.15, -0.1) is 0 Å². The van der Waals surface area contributed by atoms with Crippen LogP contribution < -0.4 is 5.32 Å². The van der Waals surface area contributed by atoms with Crippen LogP contribution in [0.2, 0.25) is 0 Å². The Labute approximate surface area is 177 Å². The highest BCUT2D eigenvalue weighted by Gasteiger charge is 2.44. The molecule has 3 nitrogen and oxygen atoms in total. The van der Waals surface area contributed by atoms with Crippen molar-refractivity contribution in [2.45, 2.75) is 31.3 Å². The summed E-state index contributed by atoms with van der Waals surface area (Å²) in [5.41, 5.74) is 3.22. The molecule has 3 aromatic rings. The lowest BCUT2D eigenvalue weighted by molar-refractivity contribution is -0.130. The summed E-state index contributed by atoms with van der Waals surface area (Å²) in [6.45, 7) is 2.05. The van der Waals surface area contributed by atoms with Gasteiger partial charge in [-0.05, 0) is 35.3 Å². The minimum absolute atomic E-state index is 0.0449. The van der Waals surface area contributed by atoms with Crippen molar-refractivity contribution in [1.29, 1.82) is 0 Å². The molecular weight excluding hydrogens is 376 g/mol. The fourth-order valence-corrected chi connectivity index (χ4v) is 4.45. The lowest BCUT2D eigenvalue weighted by atomic mass is 9.91. The highest BCUT2D eigenvalue weighted by Crippen LogP contribution is 2.41. The standard InChI is InChI=1S/C25H24N2OS/c1-2-21(18-12-6-3-7-13-18)24(28)27-23(20-16-10-5-11-17-20)22(26-25(27)29)19-14-8-4-9-15-19/h3-17,21-23H,2H2,1H3,(H,26,29)/t21-,22+,23+/m1/s1. The van der Waals surface area contributed by atoms with Gasteiger partial charge in [-0.25, -0.2) is 0 Å². The molecular formula is C25H24N2OS. The Hall–Kier alpha value is -2.98. The summed E-state index contributed by atoms with van der Waals surface area (Å²) >= 11 is 5.68. The number of hydrogen-bond acceptors (Lipinski definition) is 2. The summed E-state index contributed by atoms with van der Waals surface area (Å²) in [4.78, 5) is 15.5. The van der Waals surface area contributed by atoms with E-state index in [2.05, 4.69) is 29.6 Å². The van der Waals surface area contributed by atoms with Crippen molar-refractivity contribution in [3.8, 4) is 0 Å². The maximum atomic E-state index is 13.7. The van der Waals surface area contributed by atoms with Gasteiger partial charge in [-0.2, -0.15) is 0 Å². The van der Waals surface area contributed by atoms with Crippen LogP contribution in [0.15, 0.2) is 91.0 Å². The molecule has 0 bridgehead atoms. The van der Waals surface area contributed by atoms with Gasteiger partial charge in [0.15, 0.2) is 5.11 Å². The van der Waals surface area contributed by atoms with Crippen molar-refractivity contribution in [2.75, 3.05) is 0 Å². The van der Waals surface area contributed by atoms with Crippen molar-refractivity contribution < 1.29 is 4.79 Å². The van der Waals surface area contributed by atoms with Gasteiger partial charge in [0.25, 0.3) is 0 Å². The number of carbonyl (C=O) groups is 1. The third-order valence-electron chi connectivity index (χ3n) is 5.54. The average Bonchev–Trinajstić information content (AvgIpc) is 3.13. The molecule has 146 valence electrons. The van der Waals surface area contributed by atoms with Crippen LogP contribution in [0.5, 0.6) is 0 Å². The molecule has 0 saturated carbocycles. The van der Waals surface area contributed by atoms with Gasteiger partial charge in [-0.3, -0.25) is 9.69 Å². The van der Waals surface area contributed by atoms with Crippen molar-refractivity contribution in [3.63, 3.8) is 0 Å². The minimum atomic E-state index is -0.225. The molecule has 1 amide bonds. The first-order valence-electron chi connectivity index (χ1n) is 9.99. The summed E-state index contributed by atoms with van der Waals surface area (Å²) < 4.78 is 0. The van der Waals surface area contributed by atoms with Crippen molar-refractivity contribution >= 4 is 23.2 Å². The molecule has 4 rings (SSSR count). The summed E-state index contributed by atoms with van der Waals surface area (Å²) in [5, 5.41) is 3.91. The Bertz CT molecular complexity index is 975. The van der Waals surface area contributed by atoms with Crippen molar-refractivity contribution in [2.24, 2.45) is 0 Å². The zero-order chi connectivity index (χ0) is 20.2. The number of rotatable bonds is 5. The van der Waals surface area contributed by atoms with Gasteiger partial charge >= 0.3 is 0 Å². The fraction of sp³-hybridized carbons (Fsp3) is 0.200. The van der Waals surface area contributed by atoms with Gasteiger partial charge < -0.3 is 5.32 Å². The lowest BCUT2D eigenvalue weighted by Gasteiger charge is -2.29. The zero-order valence-corrected chi connectivity index (χ0v) is 17.2. The molecule has 0 aromatic heterocycles. The molecule has 0 aliphatic carbocycles. The number of carbonyl (C=O) groups excluding carboxylic acids is 1. The molecule has 1 aliphatic heterocycles. The van der Waals surface area contributed by atoms with E-state index < -0.39 is 0 Å². The maximum absolute atomic E-state index is 13.7. The van der Waals surface area contributed by atoms with Crippen LogP contribution in [0.3, 0.4) is 0 Å². The quantitative estimate of drug-likeness (QED) is 0.584. The predicted octanol–water partition coefficient (Wildman–Crippen LogP) is 5.38. The second kappa shape index (κ2) is 8.58. The van der Waals surface area contributed by atoms with Crippen LogP contribution in [0.4, 0.5) is 0 Å². The van der Waals surface area contributed by atoms with E-state index in [0.717, 1.165) is 23.1 Å². The number of nitrogens with zero attached hydrogens (tertiary/aromatic N) is 1. The number of hydrogen-bond donors (Lipinski definition) is 1. The Morgan fingerprint density at radius 3 is 1.97 bits per heavy atom. The van der Waals surface area contributed by atoms with E-state index in [1.54, 1.807) is 4.90 Å². The first kappa shape index (κ1) is 19.3. The first-order valence-corrected chi connectivity index (χ1v) is 10.4. The Morgan fingerprint density at radius 1 is 0.897 bits per heavy atom. The molecule has 1 N–H and O–H groups in total. The van der Waals surface area contributed by atoms with Gasteiger partial charge in [0, 0.05) is 0 Å². The molecule has 0 spiro atoms. The normalized spacial score (nSPS) is 19.6. The Morgan fingerprint density at radius 2 is 1.41 bits per heavy atom. The zero-order valence-electron chi connectivity index (χ0n) is 16.4. The predicted molar refractivity (Wildman–Crippen MR) is 120 cm³/mol. The number of benzene rings is 3. The van der Waals surface area contributed by atoms with Crippen LogP contribution >= 0.6 is 12.2 Å². The lowest BCUT2D eigenvalue weighted by Crippen LogP contribution is -2.39. The second-order valence-corrected chi connectivity index (χ2v) is 7.66. The van der Waals surface area contributed by atoms with E-state index in [1.165, 1.54) is 0 Å². The molecule has 1 aliphatic rings. The molecule has 1 saturated heterocycles. The van der Waals surface area contributed by atoms with E-state index in [-0.39, 0.29) is 23.9 Å². The molecule has 1 heterocycles. The Balaban J connectivity index is 1.76. The second-order valence-electron chi connectivity index (χ2n) is 7.27. The number of thiocarbonyl (C=S) groups is 1. The smallest absolute Gasteiger partial charge is 0.236 e. The van der Waals surface area contributed by atoms with Gasteiger partial charge in [0.1, 0.15) is 0 Å². The molecule has 0 radical (unpaired) electrons. The molecule has 3 atom stereocenters. The van der Waals surface area contributed by atoms with Crippen molar-refractivity contribution in [3.05, 3.63) is 108 Å². The summed E-state index contributed by atoms with van der Waals surface area (Å²) in [7, 11) is 0. The maximum Gasteiger partial charge on any atom is 0.236 e. The molecule has 3 aromatic carbocycles. The van der Waals surface area contributed by atoms with Crippen LogP contribution in [0.25, 0.3) is 0 Å². The third kappa shape index (κ3) is 3.81. The van der Waals surface area contributed by atoms with Gasteiger partial charge in [0.2, 0.25) is 5.91 Å². The van der Waals surface area contributed by atoms with E-state index in [9.17, 15) is 4.79 Å². The Kier molecular flexibility index (Phi) is 5.72.